The molecule has 51 heavy (non-hydrogen) atoms. The van der Waals surface area contributed by atoms with Crippen molar-refractivity contribution in [2.24, 2.45) is 0 Å². The van der Waals surface area contributed by atoms with E-state index in [9.17, 15) is 19.0 Å². The summed E-state index contributed by atoms with van der Waals surface area (Å²) in [5, 5.41) is 0. The molecule has 0 heterocycles. The molecule has 10 heteroatoms. The smallest absolute Gasteiger partial charge is 0.462 e. The number of ether oxygens (including phenoxy) is 2. The maximum atomic E-state index is 12.7. The van der Waals surface area contributed by atoms with E-state index in [-0.39, 0.29) is 32.0 Å². The average Bonchev–Trinajstić information content (AvgIpc) is 3.07. The fraction of sp³-hybridized carbons (Fsp3) is 0.902. The second-order valence-electron chi connectivity index (χ2n) is 15.4. The van der Waals surface area contributed by atoms with Crippen LogP contribution in [-0.2, 0) is 32.7 Å². The van der Waals surface area contributed by atoms with Gasteiger partial charge in [0.25, 0.3) is 0 Å². The number of carbonyl (C=O) groups is 2. The Bertz CT molecular complexity index is 891. The molecule has 1 N–H and O–H groups in total. The molecule has 0 spiro atoms. The third-order valence-corrected chi connectivity index (χ3v) is 10.0. The summed E-state index contributed by atoms with van der Waals surface area (Å²) in [5.74, 6) is -0.803. The largest absolute Gasteiger partial charge is 0.472 e. The predicted octanol–water partition coefficient (Wildman–Crippen LogP) is 11.4. The topological polar surface area (TPSA) is 108 Å². The molecule has 1 unspecified atom stereocenters. The molecule has 0 fully saturated rings. The molecular weight excluding hydrogens is 665 g/mol. The first-order chi connectivity index (χ1) is 24.5. The summed E-state index contributed by atoms with van der Waals surface area (Å²) in [6.45, 7) is 4.38. The van der Waals surface area contributed by atoms with E-state index in [2.05, 4.69) is 26.0 Å². The van der Waals surface area contributed by atoms with Crippen LogP contribution in [0.4, 0.5) is 0 Å². The summed E-state index contributed by atoms with van der Waals surface area (Å²) in [4.78, 5) is 35.2. The molecule has 0 radical (unpaired) electrons. The zero-order valence-electron chi connectivity index (χ0n) is 33.9. The van der Waals surface area contributed by atoms with Crippen molar-refractivity contribution in [1.82, 2.24) is 0 Å². The number of esters is 2. The van der Waals surface area contributed by atoms with Gasteiger partial charge in [-0.15, -0.1) is 0 Å². The zero-order chi connectivity index (χ0) is 37.9. The van der Waals surface area contributed by atoms with E-state index in [1.807, 2.05) is 21.1 Å². The number of rotatable bonds is 38. The standard InChI is InChI=1S/C41H80NO8P/c1-6-8-10-12-14-16-18-19-20-21-22-24-26-28-30-32-34-41(44)50-39(38-49-51(45,46)48-36-35-42(3,4)5)37-47-40(43)33-31-29-27-25-23-17-15-13-11-9-7-2/h13,15,39H,6-12,14,16-38H2,1-5H3/p+1/b15-13+/t39-/m1/s1. The Morgan fingerprint density at radius 3 is 1.51 bits per heavy atom. The molecule has 0 saturated carbocycles. The second kappa shape index (κ2) is 34.5. The molecule has 0 saturated heterocycles. The van der Waals surface area contributed by atoms with Gasteiger partial charge in [-0.25, -0.2) is 4.57 Å². The van der Waals surface area contributed by atoms with Crippen LogP contribution < -0.4 is 0 Å². The molecule has 0 aromatic carbocycles. The highest BCUT2D eigenvalue weighted by Crippen LogP contribution is 2.43. The molecule has 0 aromatic rings. The SMILES string of the molecule is CCCC/C=C/CCCCCCCC(=O)OC[C@H](COP(=O)(O)OCC[N+](C)(C)C)OC(=O)CCCCCCCCCCCCCCCCCC. The lowest BCUT2D eigenvalue weighted by molar-refractivity contribution is -0.870. The van der Waals surface area contributed by atoms with Crippen molar-refractivity contribution in [1.29, 1.82) is 0 Å². The van der Waals surface area contributed by atoms with E-state index in [4.69, 9.17) is 18.5 Å². The number of hydrogen-bond donors (Lipinski definition) is 1. The third-order valence-electron chi connectivity index (χ3n) is 9.05. The molecule has 2 atom stereocenters. The van der Waals surface area contributed by atoms with Gasteiger partial charge in [-0.3, -0.25) is 18.6 Å². The lowest BCUT2D eigenvalue weighted by Gasteiger charge is -2.24. The molecule has 0 amide bonds. The second-order valence-corrected chi connectivity index (χ2v) is 16.8. The van der Waals surface area contributed by atoms with Crippen molar-refractivity contribution in [2.45, 2.75) is 193 Å². The van der Waals surface area contributed by atoms with E-state index >= 15 is 0 Å². The van der Waals surface area contributed by atoms with Crippen molar-refractivity contribution in [2.75, 3.05) is 47.5 Å². The Balaban J connectivity index is 4.35. The van der Waals surface area contributed by atoms with Crippen LogP contribution in [0.2, 0.25) is 0 Å². The van der Waals surface area contributed by atoms with Crippen LogP contribution in [0.25, 0.3) is 0 Å². The lowest BCUT2D eigenvalue weighted by Crippen LogP contribution is -2.37. The fourth-order valence-electron chi connectivity index (χ4n) is 5.70. The number of unbranched alkanes of at least 4 members (excludes halogenated alkanes) is 22. The first-order valence-corrected chi connectivity index (χ1v) is 22.4. The monoisotopic (exact) mass is 747 g/mol. The highest BCUT2D eigenvalue weighted by atomic mass is 31.2. The van der Waals surface area contributed by atoms with Gasteiger partial charge in [0.05, 0.1) is 27.7 Å². The number of phosphoric ester groups is 1. The Kier molecular flexibility index (Phi) is 33.7. The summed E-state index contributed by atoms with van der Waals surface area (Å²) in [6, 6.07) is 0. The van der Waals surface area contributed by atoms with Gasteiger partial charge in [0.2, 0.25) is 0 Å². The minimum absolute atomic E-state index is 0.0334. The van der Waals surface area contributed by atoms with Crippen LogP contribution in [-0.4, -0.2) is 74.9 Å². The van der Waals surface area contributed by atoms with Gasteiger partial charge in [0, 0.05) is 12.8 Å². The molecule has 9 nitrogen and oxygen atoms in total. The van der Waals surface area contributed by atoms with Gasteiger partial charge in [0.15, 0.2) is 6.10 Å². The minimum atomic E-state index is -4.37. The van der Waals surface area contributed by atoms with Crippen LogP contribution in [0.3, 0.4) is 0 Å². The van der Waals surface area contributed by atoms with Crippen molar-refractivity contribution >= 4 is 19.8 Å². The number of nitrogens with zero attached hydrogens (tertiary/aromatic N) is 1. The van der Waals surface area contributed by atoms with E-state index in [1.165, 1.54) is 96.3 Å². The van der Waals surface area contributed by atoms with Crippen molar-refractivity contribution in [3.63, 3.8) is 0 Å². The number of allylic oxidation sites excluding steroid dienone is 2. The van der Waals surface area contributed by atoms with E-state index < -0.39 is 26.5 Å². The van der Waals surface area contributed by atoms with Crippen molar-refractivity contribution in [3.05, 3.63) is 12.2 Å². The first-order valence-electron chi connectivity index (χ1n) is 20.9. The summed E-state index contributed by atoms with van der Waals surface area (Å²) in [5.41, 5.74) is 0. The molecule has 0 aliphatic carbocycles. The molecule has 0 aliphatic heterocycles. The Morgan fingerprint density at radius 1 is 0.588 bits per heavy atom. The molecule has 0 aliphatic rings. The van der Waals surface area contributed by atoms with Gasteiger partial charge in [-0.2, -0.15) is 0 Å². The number of quaternary nitrogens is 1. The summed E-state index contributed by atoms with van der Waals surface area (Å²) in [7, 11) is 1.48. The zero-order valence-corrected chi connectivity index (χ0v) is 34.7. The number of hydrogen-bond acceptors (Lipinski definition) is 7. The van der Waals surface area contributed by atoms with Gasteiger partial charge >= 0.3 is 19.8 Å². The lowest BCUT2D eigenvalue weighted by atomic mass is 10.0. The fourth-order valence-corrected chi connectivity index (χ4v) is 6.44. The van der Waals surface area contributed by atoms with Crippen LogP contribution in [0, 0.1) is 0 Å². The molecule has 302 valence electrons. The number of carbonyl (C=O) groups excluding carboxylic acids is 2. The van der Waals surface area contributed by atoms with Crippen molar-refractivity contribution < 1.29 is 42.1 Å². The average molecular weight is 747 g/mol. The van der Waals surface area contributed by atoms with Crippen LogP contribution in [0.1, 0.15) is 187 Å². The minimum Gasteiger partial charge on any atom is -0.462 e. The van der Waals surface area contributed by atoms with Crippen LogP contribution in [0.5, 0.6) is 0 Å². The molecule has 0 rings (SSSR count). The maximum Gasteiger partial charge on any atom is 0.472 e. The van der Waals surface area contributed by atoms with Gasteiger partial charge < -0.3 is 18.9 Å². The molecule has 0 aromatic heterocycles. The maximum absolute atomic E-state index is 12.7. The van der Waals surface area contributed by atoms with Crippen molar-refractivity contribution in [3.8, 4) is 0 Å². The van der Waals surface area contributed by atoms with Gasteiger partial charge in [0.1, 0.15) is 19.8 Å². The van der Waals surface area contributed by atoms with E-state index in [1.54, 1.807) is 0 Å². The van der Waals surface area contributed by atoms with Gasteiger partial charge in [-0.05, 0) is 32.1 Å². The summed E-state index contributed by atoms with van der Waals surface area (Å²) >= 11 is 0. The predicted molar refractivity (Wildman–Crippen MR) is 211 cm³/mol. The Morgan fingerprint density at radius 2 is 1.02 bits per heavy atom. The first kappa shape index (κ1) is 49.8. The number of likely N-dealkylation sites (N-methyl/N-ethyl adjacent to an activating group) is 1. The van der Waals surface area contributed by atoms with E-state index in [0.717, 1.165) is 57.8 Å². The van der Waals surface area contributed by atoms with Crippen LogP contribution >= 0.6 is 7.82 Å². The quantitative estimate of drug-likeness (QED) is 0.0219. The Labute approximate surface area is 314 Å². The summed E-state index contributed by atoms with van der Waals surface area (Å²) < 4.78 is 34.2. The Hall–Kier alpha value is -1.25. The normalized spacial score (nSPS) is 13.8. The van der Waals surface area contributed by atoms with Crippen LogP contribution in [0.15, 0.2) is 12.2 Å². The highest BCUT2D eigenvalue weighted by molar-refractivity contribution is 7.47. The van der Waals surface area contributed by atoms with E-state index in [0.29, 0.717) is 17.4 Å². The molecular formula is C41H81NO8P+. The molecule has 0 bridgehead atoms. The third kappa shape index (κ3) is 38.3. The summed E-state index contributed by atoms with van der Waals surface area (Å²) in [6.07, 6.45) is 34.0. The number of phosphoric acid groups is 1. The van der Waals surface area contributed by atoms with Gasteiger partial charge in [-0.1, -0.05) is 154 Å². The highest BCUT2D eigenvalue weighted by Gasteiger charge is 2.27.